The van der Waals surface area contributed by atoms with E-state index in [-0.39, 0.29) is 22.1 Å². The van der Waals surface area contributed by atoms with E-state index in [9.17, 15) is 16.8 Å². The van der Waals surface area contributed by atoms with E-state index < -0.39 is 19.9 Å². The first kappa shape index (κ1) is 18.9. The average Bonchev–Trinajstić information content (AvgIpc) is 2.41. The Morgan fingerprint density at radius 3 is 2.32 bits per heavy atom. The van der Waals surface area contributed by atoms with Crippen molar-refractivity contribution in [1.29, 1.82) is 0 Å². The van der Waals surface area contributed by atoms with Crippen LogP contribution in [-0.4, -0.2) is 62.3 Å². The van der Waals surface area contributed by atoms with E-state index in [1.807, 2.05) is 19.0 Å². The molecule has 0 saturated carbocycles. The van der Waals surface area contributed by atoms with Crippen LogP contribution >= 0.6 is 0 Å². The molecule has 1 rings (SSSR count). The van der Waals surface area contributed by atoms with Crippen molar-refractivity contribution in [2.45, 2.75) is 16.2 Å². The SMILES string of the molecule is COc1ccc(S(C)(=O)=O)cc1S(=O)(=O)NCCCN(C)C. The lowest BCUT2D eigenvalue weighted by Crippen LogP contribution is -2.27. The molecule has 0 saturated heterocycles. The molecule has 0 fully saturated rings. The first-order valence-corrected chi connectivity index (χ1v) is 9.98. The monoisotopic (exact) mass is 350 g/mol. The molecule has 0 aliphatic carbocycles. The summed E-state index contributed by atoms with van der Waals surface area (Å²) in [4.78, 5) is 1.70. The van der Waals surface area contributed by atoms with Gasteiger partial charge in [0.25, 0.3) is 0 Å². The molecular formula is C13H22N2O5S2. The van der Waals surface area contributed by atoms with E-state index in [2.05, 4.69) is 4.72 Å². The fourth-order valence-electron chi connectivity index (χ4n) is 1.78. The van der Waals surface area contributed by atoms with E-state index in [4.69, 9.17) is 4.74 Å². The van der Waals surface area contributed by atoms with Gasteiger partial charge in [0, 0.05) is 12.8 Å². The van der Waals surface area contributed by atoms with Crippen LogP contribution in [0.25, 0.3) is 0 Å². The van der Waals surface area contributed by atoms with Gasteiger partial charge in [-0.3, -0.25) is 0 Å². The summed E-state index contributed by atoms with van der Waals surface area (Å²) in [6.07, 6.45) is 1.66. The van der Waals surface area contributed by atoms with Gasteiger partial charge in [-0.25, -0.2) is 21.6 Å². The van der Waals surface area contributed by atoms with Crippen LogP contribution in [-0.2, 0) is 19.9 Å². The van der Waals surface area contributed by atoms with Crippen molar-refractivity contribution in [3.8, 4) is 5.75 Å². The zero-order valence-corrected chi connectivity index (χ0v) is 14.8. The summed E-state index contributed by atoms with van der Waals surface area (Å²) in [5, 5.41) is 0. The molecule has 1 aromatic rings. The number of nitrogens with zero attached hydrogens (tertiary/aromatic N) is 1. The lowest BCUT2D eigenvalue weighted by atomic mass is 10.3. The van der Waals surface area contributed by atoms with Gasteiger partial charge in [-0.15, -0.1) is 0 Å². The Bertz CT molecular complexity index is 712. The number of benzene rings is 1. The number of nitrogens with one attached hydrogen (secondary N) is 1. The molecule has 22 heavy (non-hydrogen) atoms. The number of hydrogen-bond donors (Lipinski definition) is 1. The zero-order valence-electron chi connectivity index (χ0n) is 13.2. The van der Waals surface area contributed by atoms with Gasteiger partial charge in [0.2, 0.25) is 10.0 Å². The fourth-order valence-corrected chi connectivity index (χ4v) is 3.77. The number of ether oxygens (including phenoxy) is 1. The van der Waals surface area contributed by atoms with E-state index in [1.54, 1.807) is 0 Å². The molecule has 0 radical (unpaired) electrons. The number of methoxy groups -OCH3 is 1. The molecular weight excluding hydrogens is 328 g/mol. The Hall–Kier alpha value is -1.16. The van der Waals surface area contributed by atoms with E-state index in [0.29, 0.717) is 6.42 Å². The van der Waals surface area contributed by atoms with Crippen molar-refractivity contribution in [2.24, 2.45) is 0 Å². The molecule has 0 heterocycles. The summed E-state index contributed by atoms with van der Waals surface area (Å²) >= 11 is 0. The fraction of sp³-hybridized carbons (Fsp3) is 0.538. The van der Waals surface area contributed by atoms with Crippen molar-refractivity contribution in [3.05, 3.63) is 18.2 Å². The summed E-state index contributed by atoms with van der Waals surface area (Å²) in [6, 6.07) is 3.77. The molecule has 0 aliphatic rings. The van der Waals surface area contributed by atoms with Gasteiger partial charge >= 0.3 is 0 Å². The van der Waals surface area contributed by atoms with Crippen LogP contribution in [0.15, 0.2) is 28.0 Å². The topological polar surface area (TPSA) is 92.8 Å². The second-order valence-corrected chi connectivity index (χ2v) is 8.89. The van der Waals surface area contributed by atoms with Crippen LogP contribution in [0.2, 0.25) is 0 Å². The maximum atomic E-state index is 12.3. The van der Waals surface area contributed by atoms with E-state index in [1.165, 1.54) is 19.2 Å². The predicted molar refractivity (Wildman–Crippen MR) is 84.5 cm³/mol. The molecule has 9 heteroatoms. The third-order valence-electron chi connectivity index (χ3n) is 2.93. The van der Waals surface area contributed by atoms with Gasteiger partial charge in [-0.05, 0) is 45.3 Å². The average molecular weight is 350 g/mol. The van der Waals surface area contributed by atoms with Gasteiger partial charge in [0.15, 0.2) is 9.84 Å². The molecule has 0 bridgehead atoms. The van der Waals surface area contributed by atoms with Crippen molar-refractivity contribution in [1.82, 2.24) is 9.62 Å². The summed E-state index contributed by atoms with van der Waals surface area (Å²) < 4.78 is 55.3. The van der Waals surface area contributed by atoms with Crippen LogP contribution in [0.3, 0.4) is 0 Å². The van der Waals surface area contributed by atoms with Gasteiger partial charge in [-0.1, -0.05) is 0 Å². The molecule has 0 aromatic heterocycles. The second kappa shape index (κ2) is 7.40. The van der Waals surface area contributed by atoms with Crippen LogP contribution in [0.5, 0.6) is 5.75 Å². The maximum Gasteiger partial charge on any atom is 0.244 e. The highest BCUT2D eigenvalue weighted by Gasteiger charge is 2.22. The van der Waals surface area contributed by atoms with Crippen molar-refractivity contribution >= 4 is 19.9 Å². The Labute approximate surface area is 132 Å². The standard InChI is InChI=1S/C13H22N2O5S2/c1-15(2)9-5-8-14-22(18,19)13-10-11(21(4,16)17)6-7-12(13)20-3/h6-7,10,14H,5,8-9H2,1-4H3. The maximum absolute atomic E-state index is 12.3. The van der Waals surface area contributed by atoms with Crippen LogP contribution in [0.1, 0.15) is 6.42 Å². The minimum Gasteiger partial charge on any atom is -0.495 e. The highest BCUT2D eigenvalue weighted by molar-refractivity contribution is 7.91. The van der Waals surface area contributed by atoms with Crippen molar-refractivity contribution in [2.75, 3.05) is 40.6 Å². The van der Waals surface area contributed by atoms with Crippen LogP contribution in [0.4, 0.5) is 0 Å². The van der Waals surface area contributed by atoms with E-state index in [0.717, 1.165) is 18.9 Å². The van der Waals surface area contributed by atoms with Crippen LogP contribution in [0, 0.1) is 0 Å². The first-order valence-electron chi connectivity index (χ1n) is 6.60. The third kappa shape index (κ3) is 5.24. The summed E-state index contributed by atoms with van der Waals surface area (Å²) in [5.74, 6) is 0.104. The largest absolute Gasteiger partial charge is 0.495 e. The molecule has 0 atom stereocenters. The minimum absolute atomic E-state index is 0.0676. The number of hydrogen-bond acceptors (Lipinski definition) is 6. The molecule has 0 unspecified atom stereocenters. The van der Waals surface area contributed by atoms with E-state index >= 15 is 0 Å². The van der Waals surface area contributed by atoms with Gasteiger partial charge < -0.3 is 9.64 Å². The molecule has 7 nitrogen and oxygen atoms in total. The Morgan fingerprint density at radius 1 is 1.18 bits per heavy atom. The predicted octanol–water partition coefficient (Wildman–Crippen LogP) is 0.329. The Morgan fingerprint density at radius 2 is 1.82 bits per heavy atom. The van der Waals surface area contributed by atoms with Crippen molar-refractivity contribution in [3.63, 3.8) is 0 Å². The molecule has 0 spiro atoms. The normalized spacial score (nSPS) is 12.6. The molecule has 0 amide bonds. The number of sulfone groups is 1. The molecule has 1 N–H and O–H groups in total. The Kier molecular flexibility index (Phi) is 6.36. The quantitative estimate of drug-likeness (QED) is 0.679. The molecule has 126 valence electrons. The van der Waals surface area contributed by atoms with Gasteiger partial charge in [0.1, 0.15) is 10.6 Å². The smallest absolute Gasteiger partial charge is 0.244 e. The van der Waals surface area contributed by atoms with Crippen molar-refractivity contribution < 1.29 is 21.6 Å². The highest BCUT2D eigenvalue weighted by atomic mass is 32.2. The lowest BCUT2D eigenvalue weighted by Gasteiger charge is -2.13. The second-order valence-electron chi connectivity index (χ2n) is 5.14. The third-order valence-corrected chi connectivity index (χ3v) is 5.52. The lowest BCUT2D eigenvalue weighted by molar-refractivity contribution is 0.397. The molecule has 1 aromatic carbocycles. The molecule has 0 aliphatic heterocycles. The van der Waals surface area contributed by atoms with Gasteiger partial charge in [0.05, 0.1) is 12.0 Å². The first-order chi connectivity index (χ1) is 10.1. The van der Waals surface area contributed by atoms with Gasteiger partial charge in [-0.2, -0.15) is 0 Å². The Balaban J connectivity index is 3.06. The number of sulfonamides is 1. The summed E-state index contributed by atoms with van der Waals surface area (Å²) in [7, 11) is -2.22. The highest BCUT2D eigenvalue weighted by Crippen LogP contribution is 2.26. The zero-order chi connectivity index (χ0) is 17.0. The summed E-state index contributed by atoms with van der Waals surface area (Å²) in [6.45, 7) is 0.996. The number of rotatable bonds is 8. The summed E-state index contributed by atoms with van der Waals surface area (Å²) in [5.41, 5.74) is 0. The minimum atomic E-state index is -3.84. The van der Waals surface area contributed by atoms with Crippen LogP contribution < -0.4 is 9.46 Å².